The first-order valence-electron chi connectivity index (χ1n) is 7.77. The molecule has 0 heterocycles. The van der Waals surface area contributed by atoms with Crippen molar-refractivity contribution in [2.45, 2.75) is 45.4 Å². The van der Waals surface area contributed by atoms with E-state index in [9.17, 15) is 19.5 Å². The van der Waals surface area contributed by atoms with Gasteiger partial charge in [0.05, 0.1) is 6.42 Å². The van der Waals surface area contributed by atoms with Gasteiger partial charge in [-0.05, 0) is 17.9 Å². The molecule has 7 nitrogen and oxygen atoms in total. The number of amides is 2. The smallest absolute Gasteiger partial charge is 0.308 e. The van der Waals surface area contributed by atoms with E-state index in [2.05, 4.69) is 5.32 Å². The topological polar surface area (TPSA) is 119 Å². The number of esters is 1. The van der Waals surface area contributed by atoms with Crippen molar-refractivity contribution in [2.75, 3.05) is 0 Å². The van der Waals surface area contributed by atoms with Crippen LogP contribution >= 0.6 is 0 Å². The number of nitrogens with one attached hydrogen (secondary N) is 1. The summed E-state index contributed by atoms with van der Waals surface area (Å²) in [7, 11) is 0. The maximum Gasteiger partial charge on any atom is 0.308 e. The van der Waals surface area contributed by atoms with E-state index in [0.29, 0.717) is 0 Å². The lowest BCUT2D eigenvalue weighted by Gasteiger charge is -2.18. The summed E-state index contributed by atoms with van der Waals surface area (Å²) in [6, 6.07) is 7.83. The second-order valence-electron chi connectivity index (χ2n) is 5.96. The van der Waals surface area contributed by atoms with Gasteiger partial charge in [-0.15, -0.1) is 0 Å². The van der Waals surface area contributed by atoms with Crippen molar-refractivity contribution in [3.8, 4) is 0 Å². The SMILES string of the molecule is CC(C)C[C@H](O)C(=O)N[C@H](CC(=O)OCc1ccccc1)C(N)=O. The highest BCUT2D eigenvalue weighted by Gasteiger charge is 2.26. The standard InChI is InChI=1S/C17H24N2O5/c1-11(2)8-14(20)17(23)19-13(16(18)22)9-15(21)24-10-12-6-4-3-5-7-12/h3-7,11,13-14,20H,8-10H2,1-2H3,(H2,18,22)(H,19,23)/t13-,14+/m1/s1. The van der Waals surface area contributed by atoms with Crippen molar-refractivity contribution in [1.82, 2.24) is 5.32 Å². The first-order chi connectivity index (χ1) is 11.3. The molecule has 0 fully saturated rings. The molecular formula is C17H24N2O5. The summed E-state index contributed by atoms with van der Waals surface area (Å²) in [6.45, 7) is 3.76. The Morgan fingerprint density at radius 2 is 1.83 bits per heavy atom. The summed E-state index contributed by atoms with van der Waals surface area (Å²) in [5, 5.41) is 12.0. The molecule has 0 aliphatic rings. The highest BCUT2D eigenvalue weighted by atomic mass is 16.5. The molecule has 1 aromatic carbocycles. The minimum absolute atomic E-state index is 0.0646. The fraction of sp³-hybridized carbons (Fsp3) is 0.471. The highest BCUT2D eigenvalue weighted by molar-refractivity contribution is 5.91. The molecule has 0 saturated heterocycles. The van der Waals surface area contributed by atoms with Crippen LogP contribution in [0.4, 0.5) is 0 Å². The van der Waals surface area contributed by atoms with Crippen LogP contribution in [0.15, 0.2) is 30.3 Å². The van der Waals surface area contributed by atoms with Crippen LogP contribution in [0.2, 0.25) is 0 Å². The zero-order chi connectivity index (χ0) is 18.1. The van der Waals surface area contributed by atoms with Gasteiger partial charge in [-0.25, -0.2) is 0 Å². The van der Waals surface area contributed by atoms with Crippen molar-refractivity contribution in [1.29, 1.82) is 0 Å². The monoisotopic (exact) mass is 336 g/mol. The quantitative estimate of drug-likeness (QED) is 0.567. The second-order valence-corrected chi connectivity index (χ2v) is 5.96. The van der Waals surface area contributed by atoms with Crippen molar-refractivity contribution >= 4 is 17.8 Å². The van der Waals surface area contributed by atoms with Gasteiger partial charge in [-0.1, -0.05) is 44.2 Å². The van der Waals surface area contributed by atoms with E-state index in [0.717, 1.165) is 5.56 Å². The molecule has 0 aliphatic heterocycles. The molecule has 132 valence electrons. The molecule has 0 saturated carbocycles. The lowest BCUT2D eigenvalue weighted by molar-refractivity contribution is -0.147. The number of hydrogen-bond acceptors (Lipinski definition) is 5. The molecule has 1 aromatic rings. The molecule has 0 unspecified atom stereocenters. The zero-order valence-electron chi connectivity index (χ0n) is 13.9. The average Bonchev–Trinajstić information content (AvgIpc) is 2.52. The summed E-state index contributed by atoms with van der Waals surface area (Å²) in [5.41, 5.74) is 6.00. The summed E-state index contributed by atoms with van der Waals surface area (Å²) in [6.07, 6.45) is -1.40. The van der Waals surface area contributed by atoms with Crippen molar-refractivity contribution in [2.24, 2.45) is 11.7 Å². The first-order valence-corrected chi connectivity index (χ1v) is 7.77. The Bertz CT molecular complexity index is 559. The van der Waals surface area contributed by atoms with E-state index < -0.39 is 29.9 Å². The maximum absolute atomic E-state index is 11.8. The van der Waals surface area contributed by atoms with Gasteiger partial charge >= 0.3 is 5.97 Å². The number of rotatable bonds is 9. The van der Waals surface area contributed by atoms with Crippen LogP contribution in [0.25, 0.3) is 0 Å². The number of nitrogens with two attached hydrogens (primary N) is 1. The van der Waals surface area contributed by atoms with Crippen LogP contribution < -0.4 is 11.1 Å². The Kier molecular flexibility index (Phi) is 7.91. The lowest BCUT2D eigenvalue weighted by Crippen LogP contribution is -2.49. The third kappa shape index (κ3) is 7.23. The first kappa shape index (κ1) is 19.6. The minimum atomic E-state index is -1.26. The average molecular weight is 336 g/mol. The van der Waals surface area contributed by atoms with Crippen LogP contribution in [0, 0.1) is 5.92 Å². The Balaban J connectivity index is 2.51. The molecule has 4 N–H and O–H groups in total. The van der Waals surface area contributed by atoms with E-state index in [-0.39, 0.29) is 25.4 Å². The van der Waals surface area contributed by atoms with Crippen molar-refractivity contribution in [3.05, 3.63) is 35.9 Å². The fourth-order valence-electron chi connectivity index (χ4n) is 2.01. The number of benzene rings is 1. The summed E-state index contributed by atoms with van der Waals surface area (Å²) >= 11 is 0. The summed E-state index contributed by atoms with van der Waals surface area (Å²) < 4.78 is 5.05. The molecule has 24 heavy (non-hydrogen) atoms. The van der Waals surface area contributed by atoms with E-state index in [4.69, 9.17) is 10.5 Å². The van der Waals surface area contributed by atoms with Gasteiger partial charge in [0.1, 0.15) is 18.8 Å². The van der Waals surface area contributed by atoms with Gasteiger partial charge in [-0.2, -0.15) is 0 Å². The Hall–Kier alpha value is -2.41. The Labute approximate surface area is 141 Å². The van der Waals surface area contributed by atoms with Gasteiger partial charge in [0.2, 0.25) is 11.8 Å². The number of carbonyl (C=O) groups excluding carboxylic acids is 3. The highest BCUT2D eigenvalue weighted by Crippen LogP contribution is 2.06. The third-order valence-corrected chi connectivity index (χ3v) is 3.27. The summed E-state index contributed by atoms with van der Waals surface area (Å²) in [5.74, 6) is -2.16. The van der Waals surface area contributed by atoms with E-state index in [1.54, 1.807) is 12.1 Å². The predicted octanol–water partition coefficient (Wildman–Crippen LogP) is 0.497. The maximum atomic E-state index is 11.8. The number of carbonyl (C=O) groups is 3. The second kappa shape index (κ2) is 9.67. The molecule has 0 aromatic heterocycles. The van der Waals surface area contributed by atoms with E-state index in [1.807, 2.05) is 32.0 Å². The van der Waals surface area contributed by atoms with Crippen LogP contribution in [-0.4, -0.2) is 35.0 Å². The normalized spacial score (nSPS) is 13.2. The Morgan fingerprint density at radius 3 is 2.38 bits per heavy atom. The molecule has 7 heteroatoms. The molecule has 0 bridgehead atoms. The van der Waals surface area contributed by atoms with Crippen LogP contribution in [-0.2, 0) is 25.7 Å². The third-order valence-electron chi connectivity index (χ3n) is 3.27. The van der Waals surface area contributed by atoms with Gasteiger partial charge in [0, 0.05) is 0 Å². The van der Waals surface area contributed by atoms with E-state index >= 15 is 0 Å². The fourth-order valence-corrected chi connectivity index (χ4v) is 2.01. The van der Waals surface area contributed by atoms with Crippen molar-refractivity contribution < 1.29 is 24.2 Å². The number of aliphatic hydroxyl groups is 1. The predicted molar refractivity (Wildman–Crippen MR) is 87.4 cm³/mol. The van der Waals surface area contributed by atoms with Gasteiger partial charge in [0.25, 0.3) is 0 Å². The molecule has 0 radical (unpaired) electrons. The number of aliphatic hydroxyl groups excluding tert-OH is 1. The molecule has 0 spiro atoms. The molecule has 2 atom stereocenters. The van der Waals surface area contributed by atoms with Crippen LogP contribution in [0.5, 0.6) is 0 Å². The van der Waals surface area contributed by atoms with Gasteiger partial charge in [0.15, 0.2) is 0 Å². The summed E-state index contributed by atoms with van der Waals surface area (Å²) in [4.78, 5) is 35.1. The van der Waals surface area contributed by atoms with Crippen LogP contribution in [0.3, 0.4) is 0 Å². The van der Waals surface area contributed by atoms with Gasteiger partial charge < -0.3 is 20.9 Å². The number of ether oxygens (including phenoxy) is 1. The molecular weight excluding hydrogens is 312 g/mol. The molecule has 0 aliphatic carbocycles. The largest absolute Gasteiger partial charge is 0.461 e. The Morgan fingerprint density at radius 1 is 1.21 bits per heavy atom. The van der Waals surface area contributed by atoms with E-state index in [1.165, 1.54) is 0 Å². The lowest BCUT2D eigenvalue weighted by atomic mass is 10.0. The van der Waals surface area contributed by atoms with Gasteiger partial charge in [-0.3, -0.25) is 14.4 Å². The number of primary amides is 1. The minimum Gasteiger partial charge on any atom is -0.461 e. The zero-order valence-corrected chi connectivity index (χ0v) is 13.9. The molecule has 2 amide bonds. The van der Waals surface area contributed by atoms with Crippen LogP contribution in [0.1, 0.15) is 32.3 Å². The number of hydrogen-bond donors (Lipinski definition) is 3. The molecule has 1 rings (SSSR count). The van der Waals surface area contributed by atoms with Crippen molar-refractivity contribution in [3.63, 3.8) is 0 Å².